The SMILES string of the molecule is CC.CC1CCC(C)CC1.CCCC(CC)CC. The summed E-state index contributed by atoms with van der Waals surface area (Å²) < 4.78 is 0. The molecule has 0 aromatic rings. The van der Waals surface area contributed by atoms with Crippen molar-refractivity contribution in [2.24, 2.45) is 17.8 Å². The van der Waals surface area contributed by atoms with Crippen molar-refractivity contribution < 1.29 is 0 Å². The lowest BCUT2D eigenvalue weighted by Crippen LogP contribution is -2.08. The van der Waals surface area contributed by atoms with Gasteiger partial charge in [-0.1, -0.05) is 99.8 Å². The highest BCUT2D eigenvalue weighted by Crippen LogP contribution is 2.27. The van der Waals surface area contributed by atoms with Gasteiger partial charge in [-0.05, 0) is 17.8 Å². The van der Waals surface area contributed by atoms with E-state index in [-0.39, 0.29) is 0 Å². The van der Waals surface area contributed by atoms with E-state index in [9.17, 15) is 0 Å². The van der Waals surface area contributed by atoms with E-state index in [1.807, 2.05) is 13.8 Å². The van der Waals surface area contributed by atoms with E-state index in [0.717, 1.165) is 17.8 Å². The van der Waals surface area contributed by atoms with Gasteiger partial charge in [0.1, 0.15) is 0 Å². The fraction of sp³-hybridized carbons (Fsp3) is 1.00. The summed E-state index contributed by atoms with van der Waals surface area (Å²) in [6.07, 6.45) is 11.4. The normalized spacial score (nSPS) is 22.7. The van der Waals surface area contributed by atoms with E-state index in [1.54, 1.807) is 0 Å². The highest BCUT2D eigenvalue weighted by atomic mass is 14.2. The lowest BCUT2D eigenvalue weighted by atomic mass is 9.84. The highest BCUT2D eigenvalue weighted by molar-refractivity contribution is 4.65. The van der Waals surface area contributed by atoms with E-state index >= 15 is 0 Å². The predicted octanol–water partition coefficient (Wildman–Crippen LogP) is 7.08. The van der Waals surface area contributed by atoms with Crippen molar-refractivity contribution in [1.82, 2.24) is 0 Å². The summed E-state index contributed by atoms with van der Waals surface area (Å²) in [7, 11) is 0. The summed E-state index contributed by atoms with van der Waals surface area (Å²) in [4.78, 5) is 0. The van der Waals surface area contributed by atoms with E-state index in [0.29, 0.717) is 0 Å². The van der Waals surface area contributed by atoms with Gasteiger partial charge in [0.15, 0.2) is 0 Å². The Morgan fingerprint density at radius 1 is 0.778 bits per heavy atom. The van der Waals surface area contributed by atoms with Crippen LogP contribution in [0.1, 0.15) is 99.8 Å². The fourth-order valence-electron chi connectivity index (χ4n) is 2.53. The first-order chi connectivity index (χ1) is 8.63. The van der Waals surface area contributed by atoms with Crippen molar-refractivity contribution in [1.29, 1.82) is 0 Å². The minimum absolute atomic E-state index is 1.000. The van der Waals surface area contributed by atoms with Gasteiger partial charge in [0.25, 0.3) is 0 Å². The molecule has 1 aliphatic carbocycles. The second-order valence-corrected chi connectivity index (χ2v) is 5.84. The molecule has 0 N–H and O–H groups in total. The molecule has 0 atom stereocenters. The monoisotopic (exact) mass is 256 g/mol. The zero-order valence-electron chi connectivity index (χ0n) is 14.4. The molecule has 1 saturated carbocycles. The van der Waals surface area contributed by atoms with Crippen molar-refractivity contribution in [3.8, 4) is 0 Å². The van der Waals surface area contributed by atoms with Gasteiger partial charge < -0.3 is 0 Å². The summed E-state index contributed by atoms with van der Waals surface area (Å²) >= 11 is 0. The van der Waals surface area contributed by atoms with Crippen LogP contribution in [0.5, 0.6) is 0 Å². The molecule has 0 aliphatic heterocycles. The molecule has 0 bridgehead atoms. The molecule has 0 saturated heterocycles. The molecule has 0 spiro atoms. The van der Waals surface area contributed by atoms with Crippen LogP contribution in [-0.4, -0.2) is 0 Å². The number of rotatable bonds is 4. The minimum Gasteiger partial charge on any atom is -0.0683 e. The smallest absolute Gasteiger partial charge is 0.0420 e. The van der Waals surface area contributed by atoms with Gasteiger partial charge in [-0.15, -0.1) is 0 Å². The van der Waals surface area contributed by atoms with Crippen molar-refractivity contribution in [3.05, 3.63) is 0 Å². The van der Waals surface area contributed by atoms with E-state index in [1.165, 1.54) is 51.4 Å². The molecule has 0 heterocycles. The van der Waals surface area contributed by atoms with Gasteiger partial charge >= 0.3 is 0 Å². The number of hydrogen-bond donors (Lipinski definition) is 0. The largest absolute Gasteiger partial charge is 0.0683 e. The summed E-state index contributed by atoms with van der Waals surface area (Å²) in [6, 6.07) is 0. The maximum absolute atomic E-state index is 2.37. The molecule has 112 valence electrons. The van der Waals surface area contributed by atoms with Crippen molar-refractivity contribution in [2.75, 3.05) is 0 Å². The van der Waals surface area contributed by atoms with Gasteiger partial charge in [0.05, 0.1) is 0 Å². The molecule has 0 unspecified atom stereocenters. The first kappa shape index (κ1) is 20.3. The Balaban J connectivity index is 0. The molecule has 0 heteroatoms. The minimum atomic E-state index is 1.000. The zero-order chi connectivity index (χ0) is 14.4. The van der Waals surface area contributed by atoms with Crippen molar-refractivity contribution in [2.45, 2.75) is 99.8 Å². The van der Waals surface area contributed by atoms with Crippen LogP contribution < -0.4 is 0 Å². The molecular formula is C18H40. The van der Waals surface area contributed by atoms with Crippen LogP contribution in [0, 0.1) is 17.8 Å². The van der Waals surface area contributed by atoms with Crippen LogP contribution in [-0.2, 0) is 0 Å². The maximum atomic E-state index is 2.37. The second kappa shape index (κ2) is 15.1. The lowest BCUT2D eigenvalue weighted by Gasteiger charge is -2.22. The van der Waals surface area contributed by atoms with Gasteiger partial charge in [-0.3, -0.25) is 0 Å². The topological polar surface area (TPSA) is 0 Å². The molecule has 18 heavy (non-hydrogen) atoms. The van der Waals surface area contributed by atoms with Gasteiger partial charge in [-0.2, -0.15) is 0 Å². The van der Waals surface area contributed by atoms with Crippen LogP contribution >= 0.6 is 0 Å². The summed E-state index contributed by atoms with van der Waals surface area (Å²) in [6.45, 7) is 15.6. The van der Waals surface area contributed by atoms with Crippen LogP contribution in [0.2, 0.25) is 0 Å². The highest BCUT2D eigenvalue weighted by Gasteiger charge is 2.13. The summed E-state index contributed by atoms with van der Waals surface area (Å²) in [5, 5.41) is 0. The quantitative estimate of drug-likeness (QED) is 0.504. The summed E-state index contributed by atoms with van der Waals surface area (Å²) in [5.74, 6) is 3.04. The zero-order valence-corrected chi connectivity index (χ0v) is 14.4. The van der Waals surface area contributed by atoms with Crippen LogP contribution in [0.4, 0.5) is 0 Å². The average Bonchev–Trinajstić information content (AvgIpc) is 2.42. The lowest BCUT2D eigenvalue weighted by molar-refractivity contribution is 0.308. The first-order valence-corrected chi connectivity index (χ1v) is 8.63. The molecule has 1 rings (SSSR count). The van der Waals surface area contributed by atoms with E-state index < -0.39 is 0 Å². The predicted molar refractivity (Wildman–Crippen MR) is 87.1 cm³/mol. The third-order valence-corrected chi connectivity index (χ3v) is 4.16. The Morgan fingerprint density at radius 2 is 1.11 bits per heavy atom. The van der Waals surface area contributed by atoms with E-state index in [2.05, 4.69) is 34.6 Å². The third-order valence-electron chi connectivity index (χ3n) is 4.16. The van der Waals surface area contributed by atoms with Crippen molar-refractivity contribution in [3.63, 3.8) is 0 Å². The standard InChI is InChI=1S/C8H16.C8H18.C2H6/c1-7-3-5-8(2)6-4-7;1-4-7-8(5-2)6-3;1-2/h7-8H,3-6H2,1-2H3;8H,4-7H2,1-3H3;1-2H3. The Kier molecular flexibility index (Phi) is 17.0. The molecule has 0 nitrogen and oxygen atoms in total. The average molecular weight is 257 g/mol. The maximum Gasteiger partial charge on any atom is -0.0420 e. The van der Waals surface area contributed by atoms with Crippen molar-refractivity contribution >= 4 is 0 Å². The molecule has 1 aliphatic rings. The molecule has 0 aromatic heterocycles. The fourth-order valence-corrected chi connectivity index (χ4v) is 2.53. The Morgan fingerprint density at radius 3 is 1.28 bits per heavy atom. The van der Waals surface area contributed by atoms with Crippen LogP contribution in [0.15, 0.2) is 0 Å². The first-order valence-electron chi connectivity index (χ1n) is 8.63. The van der Waals surface area contributed by atoms with Crippen LogP contribution in [0.3, 0.4) is 0 Å². The van der Waals surface area contributed by atoms with Gasteiger partial charge in [0, 0.05) is 0 Å². The molecule has 0 aromatic carbocycles. The third kappa shape index (κ3) is 12.5. The number of hydrogen-bond acceptors (Lipinski definition) is 0. The molecule has 0 amide bonds. The molecule has 1 fully saturated rings. The van der Waals surface area contributed by atoms with Gasteiger partial charge in [0.2, 0.25) is 0 Å². The summed E-state index contributed by atoms with van der Waals surface area (Å²) in [5.41, 5.74) is 0. The van der Waals surface area contributed by atoms with E-state index in [4.69, 9.17) is 0 Å². The van der Waals surface area contributed by atoms with Crippen LogP contribution in [0.25, 0.3) is 0 Å². The second-order valence-electron chi connectivity index (χ2n) is 5.84. The van der Waals surface area contributed by atoms with Gasteiger partial charge in [-0.25, -0.2) is 0 Å². The Bertz CT molecular complexity index is 117. The Labute approximate surface area is 118 Å². The molecular weight excluding hydrogens is 216 g/mol. The Hall–Kier alpha value is 0. The molecule has 0 radical (unpaired) electrons.